The Kier molecular flexibility index (Phi) is 24.0. The Morgan fingerprint density at radius 3 is 1.29 bits per heavy atom. The van der Waals surface area contributed by atoms with Gasteiger partial charge in [0.2, 0.25) is 0 Å². The van der Waals surface area contributed by atoms with Crippen molar-refractivity contribution in [1.29, 1.82) is 0 Å². The van der Waals surface area contributed by atoms with E-state index in [2.05, 4.69) is 24.4 Å². The van der Waals surface area contributed by atoms with Gasteiger partial charge in [-0.25, -0.2) is 0 Å². The van der Waals surface area contributed by atoms with E-state index >= 15 is 0 Å². The lowest BCUT2D eigenvalue weighted by atomic mass is 11.3. The highest BCUT2D eigenvalue weighted by molar-refractivity contribution is 7.93. The van der Waals surface area contributed by atoms with Crippen molar-refractivity contribution < 1.29 is 0 Å². The molecule has 0 radical (unpaired) electrons. The fourth-order valence-electron chi connectivity index (χ4n) is 0. The summed E-state index contributed by atoms with van der Waals surface area (Å²) in [7, 11) is 0. The van der Waals surface area contributed by atoms with Gasteiger partial charge in [-0.05, 0) is 24.4 Å². The molecule has 40 valence electrons. The van der Waals surface area contributed by atoms with Crippen molar-refractivity contribution in [2.45, 2.75) is 0 Å². The molecule has 0 saturated heterocycles. The molecule has 0 aliphatic carbocycles. The highest BCUT2D eigenvalue weighted by atomic mass is 35.5. The molecule has 0 aliphatic heterocycles. The molecule has 0 amide bonds. The summed E-state index contributed by atoms with van der Waals surface area (Å²) in [5.41, 5.74) is 2.48. The van der Waals surface area contributed by atoms with Crippen LogP contribution in [-0.4, -0.2) is 4.31 Å². The molecule has 0 rings (SSSR count). The van der Waals surface area contributed by atoms with Crippen molar-refractivity contribution in [2.75, 3.05) is 0 Å². The minimum Gasteiger partial charge on any atom is -0.0920 e. The first-order valence-electron chi connectivity index (χ1n) is 1.18. The first-order chi connectivity index (χ1) is 3.33. The molecule has 0 atom stereocenters. The second kappa shape index (κ2) is 16.0. The third-order valence-corrected chi connectivity index (χ3v) is 0.429. The van der Waals surface area contributed by atoms with Crippen LogP contribution in [-0.2, 0) is 0 Å². The molecular weight excluding hydrogens is 171 g/mol. The molecule has 0 aromatic carbocycles. The van der Waals surface area contributed by atoms with E-state index < -0.39 is 0 Å². The van der Waals surface area contributed by atoms with Gasteiger partial charge < -0.3 is 0 Å². The first kappa shape index (κ1) is 10.5. The molecule has 0 N–H and O–H groups in total. The predicted molar refractivity (Wildman–Crippen MR) is 41.0 cm³/mol. The minimum absolute atomic E-state index is 1.24. The summed E-state index contributed by atoms with van der Waals surface area (Å²) in [5, 5.41) is 0. The second-order valence-electron chi connectivity index (χ2n) is 0.335. The number of hydrogen-bond donors (Lipinski definition) is 0. The van der Waals surface area contributed by atoms with E-state index in [0.717, 1.165) is 0 Å². The normalized spacial score (nSPS) is 6.57. The Morgan fingerprint density at radius 2 is 1.29 bits per heavy atom. The molecule has 0 spiro atoms. The summed E-state index contributed by atoms with van der Waals surface area (Å²) in [4.78, 5) is 0. The van der Waals surface area contributed by atoms with Gasteiger partial charge in [0.15, 0.2) is 0 Å². The maximum Gasteiger partial charge on any atom is 0.0297 e. The Bertz CT molecular complexity index is 69.0. The van der Waals surface area contributed by atoms with Crippen molar-refractivity contribution >= 4 is 52.0 Å². The number of rotatable bonds is 0. The maximum atomic E-state index is 4.87. The molecular formula is C3H2Cl2S2. The Morgan fingerprint density at radius 1 is 1.14 bits per heavy atom. The molecule has 4 heteroatoms. The lowest BCUT2D eigenvalue weighted by Crippen LogP contribution is -1.11. The van der Waals surface area contributed by atoms with Crippen LogP contribution in [0.1, 0.15) is 0 Å². The lowest BCUT2D eigenvalue weighted by molar-refractivity contribution is 2.51. The van der Waals surface area contributed by atoms with Gasteiger partial charge in [0.25, 0.3) is 0 Å². The number of thiocarbonyl (C=S) groups is 2. The SMILES string of the molecule is ClC=CCl.S=C=S. The zero-order valence-electron chi connectivity index (χ0n) is 3.23. The van der Waals surface area contributed by atoms with Crippen LogP contribution in [0, 0.1) is 0 Å². The molecule has 0 fully saturated rings. The van der Waals surface area contributed by atoms with Gasteiger partial charge in [-0.1, -0.05) is 23.2 Å². The van der Waals surface area contributed by atoms with Crippen molar-refractivity contribution in [3.05, 3.63) is 11.1 Å². The van der Waals surface area contributed by atoms with Crippen LogP contribution in [0.25, 0.3) is 0 Å². The molecule has 0 saturated carbocycles. The van der Waals surface area contributed by atoms with E-state index in [0.29, 0.717) is 0 Å². The summed E-state index contributed by atoms with van der Waals surface area (Å²) in [6.07, 6.45) is 0. The fraction of sp³-hybridized carbons (Fsp3) is 0. The van der Waals surface area contributed by atoms with Crippen molar-refractivity contribution in [3.63, 3.8) is 0 Å². The summed E-state index contributed by atoms with van der Waals surface area (Å²) in [5.74, 6) is 0. The molecule has 7 heavy (non-hydrogen) atoms. The van der Waals surface area contributed by atoms with E-state index in [1.165, 1.54) is 11.1 Å². The molecule has 0 aliphatic rings. The fourth-order valence-corrected chi connectivity index (χ4v) is 0. The monoisotopic (exact) mass is 172 g/mol. The van der Waals surface area contributed by atoms with Crippen LogP contribution in [0.5, 0.6) is 0 Å². The van der Waals surface area contributed by atoms with E-state index in [-0.39, 0.29) is 0 Å². The quantitative estimate of drug-likeness (QED) is 0.516. The summed E-state index contributed by atoms with van der Waals surface area (Å²) < 4.78 is 1.92. The highest BCUT2D eigenvalue weighted by Crippen LogP contribution is 1.78. The van der Waals surface area contributed by atoms with Crippen LogP contribution in [0.2, 0.25) is 0 Å². The van der Waals surface area contributed by atoms with Crippen LogP contribution in [0.4, 0.5) is 0 Å². The van der Waals surface area contributed by atoms with Gasteiger partial charge in [-0.2, -0.15) is 0 Å². The van der Waals surface area contributed by atoms with E-state index in [1.807, 2.05) is 4.31 Å². The Labute approximate surface area is 63.1 Å². The van der Waals surface area contributed by atoms with Gasteiger partial charge in [0, 0.05) is 15.4 Å². The molecule has 0 aromatic heterocycles. The second-order valence-corrected chi connectivity index (χ2v) is 1.51. The lowest BCUT2D eigenvalue weighted by Gasteiger charge is -1.44. The van der Waals surface area contributed by atoms with Crippen LogP contribution in [0.3, 0.4) is 0 Å². The smallest absolute Gasteiger partial charge is 0.0297 e. The molecule has 0 nitrogen and oxygen atoms in total. The Balaban J connectivity index is 0. The third kappa shape index (κ3) is 56.8. The largest absolute Gasteiger partial charge is 0.0920 e. The maximum absolute atomic E-state index is 4.87. The average Bonchev–Trinajstić information content (AvgIpc) is 1.69. The topological polar surface area (TPSA) is 0 Å². The van der Waals surface area contributed by atoms with Crippen molar-refractivity contribution in [2.24, 2.45) is 0 Å². The van der Waals surface area contributed by atoms with Crippen LogP contribution < -0.4 is 0 Å². The Hall–Kier alpha value is 0.540. The first-order valence-corrected chi connectivity index (χ1v) is 2.87. The van der Waals surface area contributed by atoms with Gasteiger partial charge in [0.05, 0.1) is 0 Å². The third-order valence-electron chi connectivity index (χ3n) is 0.0476. The van der Waals surface area contributed by atoms with E-state index in [9.17, 15) is 0 Å². The van der Waals surface area contributed by atoms with Gasteiger partial charge >= 0.3 is 0 Å². The van der Waals surface area contributed by atoms with Crippen LogP contribution >= 0.6 is 47.6 Å². The standard InChI is InChI=1S/C2H2Cl2.CS2/c3-1-2-4;2-1-3/h1-2H;. The highest BCUT2D eigenvalue weighted by Gasteiger charge is 1.40. The zero-order valence-corrected chi connectivity index (χ0v) is 6.37. The molecule has 0 bridgehead atoms. The summed E-state index contributed by atoms with van der Waals surface area (Å²) in [6.45, 7) is 0. The van der Waals surface area contributed by atoms with E-state index in [1.54, 1.807) is 0 Å². The number of hydrogen-bond acceptors (Lipinski definition) is 2. The minimum atomic E-state index is 1.24. The van der Waals surface area contributed by atoms with Gasteiger partial charge in [-0.15, -0.1) is 0 Å². The molecule has 0 aromatic rings. The summed E-state index contributed by atoms with van der Waals surface area (Å²) in [6, 6.07) is 0. The summed E-state index contributed by atoms with van der Waals surface area (Å²) >= 11 is 17.7. The average molecular weight is 173 g/mol. The van der Waals surface area contributed by atoms with E-state index in [4.69, 9.17) is 23.2 Å². The van der Waals surface area contributed by atoms with Gasteiger partial charge in [-0.3, -0.25) is 0 Å². The molecule has 0 heterocycles. The number of halogens is 2. The van der Waals surface area contributed by atoms with Crippen molar-refractivity contribution in [1.82, 2.24) is 0 Å². The predicted octanol–water partition coefficient (Wildman–Crippen LogP) is 2.95. The van der Waals surface area contributed by atoms with Crippen molar-refractivity contribution in [3.8, 4) is 0 Å². The zero-order chi connectivity index (χ0) is 6.12. The van der Waals surface area contributed by atoms with Gasteiger partial charge in [0.1, 0.15) is 0 Å². The van der Waals surface area contributed by atoms with Crippen LogP contribution in [0.15, 0.2) is 11.1 Å². The molecule has 0 unspecified atom stereocenters.